The minimum atomic E-state index is 0.407. The third-order valence-corrected chi connectivity index (χ3v) is 3.59. The molecule has 0 unspecified atom stereocenters. The van der Waals surface area contributed by atoms with Crippen molar-refractivity contribution in [3.8, 4) is 0 Å². The van der Waals surface area contributed by atoms with Gasteiger partial charge < -0.3 is 0 Å². The number of fused-ring (bicyclic) bond motifs is 1. The maximum atomic E-state index is 2.68. The van der Waals surface area contributed by atoms with Crippen LogP contribution in [0.5, 0.6) is 0 Å². The molecule has 1 heteroatoms. The standard InChI is InChI=1S/C10H19N/c1-7-8-5-9(7)11(6-8)10(2,3)4/h7-9H,5-6H2,1-4H3/t7-,8+,9+/m0/s1. The molecule has 2 heterocycles. The molecule has 0 radical (unpaired) electrons. The van der Waals surface area contributed by atoms with E-state index in [1.54, 1.807) is 0 Å². The molecule has 11 heavy (non-hydrogen) atoms. The Morgan fingerprint density at radius 2 is 1.91 bits per heavy atom. The molecule has 2 saturated heterocycles. The zero-order valence-electron chi connectivity index (χ0n) is 8.09. The Morgan fingerprint density at radius 3 is 2.09 bits per heavy atom. The van der Waals surface area contributed by atoms with E-state index >= 15 is 0 Å². The van der Waals surface area contributed by atoms with Crippen LogP contribution in [0.25, 0.3) is 0 Å². The summed E-state index contributed by atoms with van der Waals surface area (Å²) < 4.78 is 0. The van der Waals surface area contributed by atoms with Gasteiger partial charge >= 0.3 is 0 Å². The van der Waals surface area contributed by atoms with Gasteiger partial charge in [-0.2, -0.15) is 0 Å². The van der Waals surface area contributed by atoms with Crippen molar-refractivity contribution in [1.29, 1.82) is 0 Å². The van der Waals surface area contributed by atoms with E-state index < -0.39 is 0 Å². The Hall–Kier alpha value is -0.0400. The minimum Gasteiger partial charge on any atom is -0.295 e. The van der Waals surface area contributed by atoms with Crippen molar-refractivity contribution in [2.24, 2.45) is 11.8 Å². The Labute approximate surface area is 69.8 Å². The Kier molecular flexibility index (Phi) is 1.39. The van der Waals surface area contributed by atoms with E-state index in [-0.39, 0.29) is 0 Å². The second-order valence-electron chi connectivity index (χ2n) is 5.25. The fourth-order valence-electron chi connectivity index (χ4n) is 2.67. The van der Waals surface area contributed by atoms with Crippen LogP contribution in [0.3, 0.4) is 0 Å². The fraction of sp³-hybridized carbons (Fsp3) is 1.00. The number of hydrogen-bond donors (Lipinski definition) is 0. The van der Waals surface area contributed by atoms with Crippen LogP contribution in [0.15, 0.2) is 0 Å². The molecule has 3 rings (SSSR count). The van der Waals surface area contributed by atoms with Gasteiger partial charge in [0.25, 0.3) is 0 Å². The Morgan fingerprint density at radius 1 is 1.27 bits per heavy atom. The molecular weight excluding hydrogens is 134 g/mol. The van der Waals surface area contributed by atoms with Crippen molar-refractivity contribution in [1.82, 2.24) is 4.90 Å². The first-order valence-electron chi connectivity index (χ1n) is 4.77. The lowest BCUT2D eigenvalue weighted by Crippen LogP contribution is -2.45. The summed E-state index contributed by atoms with van der Waals surface area (Å²) in [5.74, 6) is 2.01. The van der Waals surface area contributed by atoms with Crippen LogP contribution < -0.4 is 0 Å². The molecule has 0 aromatic heterocycles. The van der Waals surface area contributed by atoms with E-state index in [1.165, 1.54) is 13.0 Å². The normalized spacial score (nSPS) is 44.2. The summed E-state index contributed by atoms with van der Waals surface area (Å²) >= 11 is 0. The van der Waals surface area contributed by atoms with Crippen LogP contribution in [-0.2, 0) is 0 Å². The maximum Gasteiger partial charge on any atom is 0.0132 e. The zero-order valence-corrected chi connectivity index (χ0v) is 8.09. The highest BCUT2D eigenvalue weighted by Gasteiger charge is 2.51. The lowest BCUT2D eigenvalue weighted by Gasteiger charge is -2.39. The SMILES string of the molecule is C[C@H]1[C@@H]2C[C@H]1N(C(C)(C)C)C2. The lowest BCUT2D eigenvalue weighted by molar-refractivity contribution is 0.0968. The Balaban J connectivity index is 2.10. The molecule has 0 N–H and O–H groups in total. The highest BCUT2D eigenvalue weighted by molar-refractivity contribution is 5.05. The van der Waals surface area contributed by atoms with Crippen LogP contribution in [0, 0.1) is 11.8 Å². The van der Waals surface area contributed by atoms with Gasteiger partial charge in [-0.05, 0) is 39.0 Å². The van der Waals surface area contributed by atoms with Gasteiger partial charge in [0, 0.05) is 18.1 Å². The van der Waals surface area contributed by atoms with Gasteiger partial charge in [0.15, 0.2) is 0 Å². The average molecular weight is 153 g/mol. The van der Waals surface area contributed by atoms with Gasteiger partial charge in [-0.3, -0.25) is 4.90 Å². The third-order valence-electron chi connectivity index (χ3n) is 3.59. The first-order chi connectivity index (χ1) is 5.00. The van der Waals surface area contributed by atoms with Gasteiger partial charge in [0.05, 0.1) is 0 Å². The van der Waals surface area contributed by atoms with E-state index in [2.05, 4.69) is 32.6 Å². The van der Waals surface area contributed by atoms with Crippen LogP contribution in [0.2, 0.25) is 0 Å². The van der Waals surface area contributed by atoms with E-state index in [1.807, 2.05) is 0 Å². The summed E-state index contributed by atoms with van der Waals surface area (Å²) in [7, 11) is 0. The first kappa shape index (κ1) is 7.60. The van der Waals surface area contributed by atoms with E-state index in [9.17, 15) is 0 Å². The first-order valence-corrected chi connectivity index (χ1v) is 4.77. The summed E-state index contributed by atoms with van der Waals surface area (Å²) in [4.78, 5) is 2.68. The molecule has 3 fully saturated rings. The average Bonchev–Trinajstić information content (AvgIpc) is 2.38. The van der Waals surface area contributed by atoms with Gasteiger partial charge in [-0.25, -0.2) is 0 Å². The van der Waals surface area contributed by atoms with Gasteiger partial charge in [-0.15, -0.1) is 0 Å². The molecule has 1 aliphatic carbocycles. The topological polar surface area (TPSA) is 3.24 Å². The lowest BCUT2D eigenvalue weighted by atomic mass is 9.75. The summed E-state index contributed by atoms with van der Waals surface area (Å²) in [6, 6.07) is 0.917. The van der Waals surface area contributed by atoms with Crippen LogP contribution in [0.4, 0.5) is 0 Å². The number of hydrogen-bond acceptors (Lipinski definition) is 1. The third kappa shape index (κ3) is 0.936. The van der Waals surface area contributed by atoms with Gasteiger partial charge in [0.2, 0.25) is 0 Å². The van der Waals surface area contributed by atoms with Crippen molar-refractivity contribution in [2.45, 2.75) is 45.7 Å². The minimum absolute atomic E-state index is 0.407. The summed E-state index contributed by atoms with van der Waals surface area (Å²) in [5.41, 5.74) is 0.407. The quantitative estimate of drug-likeness (QED) is 0.515. The fourth-order valence-corrected chi connectivity index (χ4v) is 2.67. The summed E-state index contributed by atoms with van der Waals surface area (Å²) in [6.45, 7) is 10.8. The molecule has 64 valence electrons. The van der Waals surface area contributed by atoms with E-state index in [0.717, 1.165) is 17.9 Å². The molecule has 0 spiro atoms. The van der Waals surface area contributed by atoms with Gasteiger partial charge in [0.1, 0.15) is 0 Å². The molecule has 2 bridgehead atoms. The molecule has 2 aliphatic heterocycles. The predicted octanol–water partition coefficient (Wildman–Crippen LogP) is 2.13. The molecule has 1 saturated carbocycles. The zero-order chi connectivity index (χ0) is 8.22. The smallest absolute Gasteiger partial charge is 0.0132 e. The Bertz CT molecular complexity index is 168. The maximum absolute atomic E-state index is 2.68. The van der Waals surface area contributed by atoms with E-state index in [4.69, 9.17) is 0 Å². The summed E-state index contributed by atoms with van der Waals surface area (Å²) in [6.07, 6.45) is 1.47. The molecule has 3 atom stereocenters. The molecule has 1 nitrogen and oxygen atoms in total. The van der Waals surface area contributed by atoms with Crippen molar-refractivity contribution in [3.63, 3.8) is 0 Å². The van der Waals surface area contributed by atoms with E-state index in [0.29, 0.717) is 5.54 Å². The predicted molar refractivity (Wildman–Crippen MR) is 47.5 cm³/mol. The molecular formula is C10H19N. The van der Waals surface area contributed by atoms with Crippen molar-refractivity contribution in [3.05, 3.63) is 0 Å². The molecule has 0 amide bonds. The van der Waals surface area contributed by atoms with Crippen LogP contribution in [-0.4, -0.2) is 23.0 Å². The summed E-state index contributed by atoms with van der Waals surface area (Å²) in [5, 5.41) is 0. The van der Waals surface area contributed by atoms with Crippen LogP contribution in [0.1, 0.15) is 34.1 Å². The molecule has 0 aromatic rings. The van der Waals surface area contributed by atoms with Crippen molar-refractivity contribution in [2.75, 3.05) is 6.54 Å². The highest BCUT2D eigenvalue weighted by atomic mass is 15.3. The number of rotatable bonds is 0. The molecule has 3 aliphatic rings. The molecule has 0 aromatic carbocycles. The number of nitrogens with zero attached hydrogens (tertiary/aromatic N) is 1. The largest absolute Gasteiger partial charge is 0.295 e. The van der Waals surface area contributed by atoms with Crippen LogP contribution >= 0.6 is 0 Å². The van der Waals surface area contributed by atoms with Crippen molar-refractivity contribution < 1.29 is 0 Å². The van der Waals surface area contributed by atoms with Gasteiger partial charge in [-0.1, -0.05) is 6.92 Å². The van der Waals surface area contributed by atoms with Crippen molar-refractivity contribution >= 4 is 0 Å². The second-order valence-corrected chi connectivity index (χ2v) is 5.25. The second kappa shape index (κ2) is 2.01. The highest BCUT2D eigenvalue weighted by Crippen LogP contribution is 2.48. The monoisotopic (exact) mass is 153 g/mol.